The lowest BCUT2D eigenvalue weighted by Gasteiger charge is -2.26. The molecule has 0 bridgehead atoms. The average Bonchev–Trinajstić information content (AvgIpc) is 3.11. The Bertz CT molecular complexity index is 990. The van der Waals surface area contributed by atoms with Crippen molar-refractivity contribution in [2.45, 2.75) is 25.7 Å². The van der Waals surface area contributed by atoms with Crippen LogP contribution in [-0.4, -0.2) is 41.1 Å². The Kier molecular flexibility index (Phi) is 4.84. The normalized spacial score (nSPS) is 16.6. The van der Waals surface area contributed by atoms with E-state index in [-0.39, 0.29) is 5.82 Å². The molecule has 0 atom stereocenters. The maximum absolute atomic E-state index is 13.3. The van der Waals surface area contributed by atoms with Crippen LogP contribution in [0.15, 0.2) is 48.7 Å². The highest BCUT2D eigenvalue weighted by atomic mass is 19.1. The zero-order chi connectivity index (χ0) is 19.6. The van der Waals surface area contributed by atoms with Gasteiger partial charge in [-0.05, 0) is 62.1 Å². The summed E-state index contributed by atoms with van der Waals surface area (Å²) in [5.74, 6) is 1.61. The van der Waals surface area contributed by atoms with Crippen LogP contribution in [-0.2, 0) is 12.8 Å². The van der Waals surface area contributed by atoms with E-state index >= 15 is 0 Å². The van der Waals surface area contributed by atoms with Crippen LogP contribution in [0.2, 0.25) is 0 Å². The Balaban J connectivity index is 1.43. The molecule has 0 amide bonds. The molecule has 1 fully saturated rings. The number of anilines is 2. The summed E-state index contributed by atoms with van der Waals surface area (Å²) in [6.45, 7) is 3.71. The fraction of sp³-hybridized carbons (Fsp3) is 0.348. The molecule has 148 valence electrons. The van der Waals surface area contributed by atoms with Gasteiger partial charge in [-0.15, -0.1) is 0 Å². The number of aryl methyl sites for hydroxylation is 1. The first-order valence-electron chi connectivity index (χ1n) is 10.3. The fourth-order valence-corrected chi connectivity index (χ4v) is 4.32. The van der Waals surface area contributed by atoms with Crippen molar-refractivity contribution in [3.63, 3.8) is 0 Å². The molecule has 1 aromatic carbocycles. The second kappa shape index (κ2) is 7.78. The van der Waals surface area contributed by atoms with Gasteiger partial charge in [0.2, 0.25) is 0 Å². The van der Waals surface area contributed by atoms with E-state index in [1.54, 1.807) is 6.20 Å². The predicted molar refractivity (Wildman–Crippen MR) is 113 cm³/mol. The molecule has 3 heterocycles. The van der Waals surface area contributed by atoms with Crippen LogP contribution in [0.3, 0.4) is 0 Å². The first-order valence-corrected chi connectivity index (χ1v) is 10.3. The maximum atomic E-state index is 13.3. The molecule has 2 aliphatic rings. The van der Waals surface area contributed by atoms with Crippen LogP contribution < -0.4 is 9.80 Å². The Morgan fingerprint density at radius 1 is 0.793 bits per heavy atom. The maximum Gasteiger partial charge on any atom is 0.180 e. The summed E-state index contributed by atoms with van der Waals surface area (Å²) in [5, 5.41) is 0. The molecule has 0 spiro atoms. The summed E-state index contributed by atoms with van der Waals surface area (Å²) in [6.07, 6.45) is 6.02. The van der Waals surface area contributed by atoms with Crippen molar-refractivity contribution in [3.8, 4) is 11.5 Å². The topological polar surface area (TPSA) is 45.2 Å². The largest absolute Gasteiger partial charge is 0.370 e. The van der Waals surface area contributed by atoms with E-state index in [0.717, 1.165) is 74.9 Å². The van der Waals surface area contributed by atoms with Gasteiger partial charge in [-0.2, -0.15) is 0 Å². The van der Waals surface area contributed by atoms with E-state index in [4.69, 9.17) is 9.97 Å². The third kappa shape index (κ3) is 3.67. The lowest BCUT2D eigenvalue weighted by atomic mass is 10.2. The molecule has 2 aromatic heterocycles. The molecule has 0 radical (unpaired) electrons. The van der Waals surface area contributed by atoms with Crippen LogP contribution in [0.1, 0.15) is 24.1 Å². The third-order valence-electron chi connectivity index (χ3n) is 5.79. The van der Waals surface area contributed by atoms with Gasteiger partial charge in [0, 0.05) is 49.3 Å². The second-order valence-corrected chi connectivity index (χ2v) is 7.67. The lowest BCUT2D eigenvalue weighted by molar-refractivity contribution is 0.627. The first-order chi connectivity index (χ1) is 14.3. The third-order valence-corrected chi connectivity index (χ3v) is 5.79. The number of benzene rings is 1. The van der Waals surface area contributed by atoms with Gasteiger partial charge < -0.3 is 9.80 Å². The monoisotopic (exact) mass is 389 g/mol. The van der Waals surface area contributed by atoms with E-state index in [1.807, 2.05) is 30.3 Å². The minimum absolute atomic E-state index is 0.191. The fourth-order valence-electron chi connectivity index (χ4n) is 4.32. The summed E-state index contributed by atoms with van der Waals surface area (Å²) >= 11 is 0. The Hall–Kier alpha value is -3.02. The standard InChI is InChI=1S/C23H24FN5/c24-17-8-10-18(11-9-17)28-13-4-14-29(16-15-28)23-19-5-3-7-20(19)26-22(27-23)21-6-1-2-12-25-21/h1-2,6,8-12H,3-5,7,13-16H2. The van der Waals surface area contributed by atoms with Crippen LogP contribution in [0.4, 0.5) is 15.9 Å². The molecule has 0 saturated carbocycles. The van der Waals surface area contributed by atoms with Crippen LogP contribution in [0.25, 0.3) is 11.5 Å². The number of hydrogen-bond acceptors (Lipinski definition) is 5. The number of nitrogens with zero attached hydrogens (tertiary/aromatic N) is 5. The van der Waals surface area contributed by atoms with Crippen molar-refractivity contribution in [1.82, 2.24) is 15.0 Å². The van der Waals surface area contributed by atoms with Gasteiger partial charge in [0.05, 0.1) is 0 Å². The summed E-state index contributed by atoms with van der Waals surface area (Å²) in [7, 11) is 0. The van der Waals surface area contributed by atoms with E-state index in [0.29, 0.717) is 0 Å². The molecule has 1 aliphatic heterocycles. The van der Waals surface area contributed by atoms with Gasteiger partial charge in [0.1, 0.15) is 17.3 Å². The number of halogens is 1. The molecule has 3 aromatic rings. The molecule has 1 saturated heterocycles. The summed E-state index contributed by atoms with van der Waals surface area (Å²) in [6, 6.07) is 12.7. The smallest absolute Gasteiger partial charge is 0.180 e. The van der Waals surface area contributed by atoms with Crippen molar-refractivity contribution in [3.05, 3.63) is 65.7 Å². The lowest BCUT2D eigenvalue weighted by Crippen LogP contribution is -2.32. The molecule has 29 heavy (non-hydrogen) atoms. The molecule has 6 heteroatoms. The molecule has 1 aliphatic carbocycles. The number of aromatic nitrogens is 3. The summed E-state index contributed by atoms with van der Waals surface area (Å²) in [5.41, 5.74) is 4.39. The quantitative estimate of drug-likeness (QED) is 0.680. The number of hydrogen-bond donors (Lipinski definition) is 0. The van der Waals surface area contributed by atoms with E-state index in [1.165, 1.54) is 23.4 Å². The zero-order valence-corrected chi connectivity index (χ0v) is 16.4. The van der Waals surface area contributed by atoms with E-state index in [9.17, 15) is 4.39 Å². The Morgan fingerprint density at radius 3 is 2.45 bits per heavy atom. The van der Waals surface area contributed by atoms with Gasteiger partial charge in [-0.1, -0.05) is 6.07 Å². The van der Waals surface area contributed by atoms with Crippen LogP contribution in [0, 0.1) is 5.82 Å². The van der Waals surface area contributed by atoms with Crippen LogP contribution >= 0.6 is 0 Å². The van der Waals surface area contributed by atoms with E-state index < -0.39 is 0 Å². The minimum Gasteiger partial charge on any atom is -0.370 e. The first kappa shape index (κ1) is 18.0. The highest BCUT2D eigenvalue weighted by molar-refractivity contribution is 5.59. The zero-order valence-electron chi connectivity index (χ0n) is 16.4. The highest BCUT2D eigenvalue weighted by Crippen LogP contribution is 2.32. The minimum atomic E-state index is -0.191. The SMILES string of the molecule is Fc1ccc(N2CCCN(c3nc(-c4ccccn4)nc4c3CCC4)CC2)cc1. The van der Waals surface area contributed by atoms with Crippen molar-refractivity contribution in [1.29, 1.82) is 0 Å². The van der Waals surface area contributed by atoms with Crippen molar-refractivity contribution in [2.24, 2.45) is 0 Å². The van der Waals surface area contributed by atoms with Gasteiger partial charge in [-0.25, -0.2) is 14.4 Å². The van der Waals surface area contributed by atoms with Crippen LogP contribution in [0.5, 0.6) is 0 Å². The average molecular weight is 389 g/mol. The molecule has 0 N–H and O–H groups in total. The van der Waals surface area contributed by atoms with Crippen molar-refractivity contribution in [2.75, 3.05) is 36.0 Å². The number of fused-ring (bicyclic) bond motifs is 1. The Labute approximate surface area is 170 Å². The van der Waals surface area contributed by atoms with E-state index in [2.05, 4.69) is 14.8 Å². The molecule has 5 nitrogen and oxygen atoms in total. The van der Waals surface area contributed by atoms with Gasteiger partial charge >= 0.3 is 0 Å². The van der Waals surface area contributed by atoms with Crippen molar-refractivity contribution < 1.29 is 4.39 Å². The van der Waals surface area contributed by atoms with Gasteiger partial charge in [-0.3, -0.25) is 4.98 Å². The predicted octanol–water partition coefficient (Wildman–Crippen LogP) is 3.88. The van der Waals surface area contributed by atoms with Gasteiger partial charge in [0.25, 0.3) is 0 Å². The van der Waals surface area contributed by atoms with Crippen molar-refractivity contribution >= 4 is 11.5 Å². The summed E-state index contributed by atoms with van der Waals surface area (Å²) in [4.78, 5) is 19.0. The molecule has 0 unspecified atom stereocenters. The molecular weight excluding hydrogens is 365 g/mol. The van der Waals surface area contributed by atoms with Gasteiger partial charge in [0.15, 0.2) is 5.82 Å². The Morgan fingerprint density at radius 2 is 1.62 bits per heavy atom. The number of pyridine rings is 1. The molecular formula is C23H24FN5. The second-order valence-electron chi connectivity index (χ2n) is 7.67. The summed E-state index contributed by atoms with van der Waals surface area (Å²) < 4.78 is 13.3. The molecule has 5 rings (SSSR count). The highest BCUT2D eigenvalue weighted by Gasteiger charge is 2.25. The number of rotatable bonds is 3.